The molecule has 2 aromatic rings. The lowest BCUT2D eigenvalue weighted by Gasteiger charge is -2.43. The lowest BCUT2D eigenvalue weighted by molar-refractivity contribution is -0.317. The Balaban J connectivity index is 1.77. The number of hydrogen-bond acceptors (Lipinski definition) is 6. The highest BCUT2D eigenvalue weighted by molar-refractivity contribution is 5.14. The van der Waals surface area contributed by atoms with Gasteiger partial charge in [0, 0.05) is 0 Å². The number of hydrogen-bond donors (Lipinski definition) is 2. The van der Waals surface area contributed by atoms with Gasteiger partial charge in [-0.15, -0.1) is 6.58 Å². The molecule has 3 rings (SSSR count). The van der Waals surface area contributed by atoms with Gasteiger partial charge in [0.25, 0.3) is 0 Å². The van der Waals surface area contributed by atoms with Gasteiger partial charge in [-0.2, -0.15) is 0 Å². The predicted molar refractivity (Wildman–Crippen MR) is 108 cm³/mol. The number of ether oxygens (including phenoxy) is 4. The zero-order valence-corrected chi connectivity index (χ0v) is 16.3. The van der Waals surface area contributed by atoms with Crippen LogP contribution in [0.4, 0.5) is 0 Å². The first-order valence-electron chi connectivity index (χ1n) is 9.71. The van der Waals surface area contributed by atoms with Crippen LogP contribution >= 0.6 is 0 Å². The fourth-order valence-electron chi connectivity index (χ4n) is 3.24. The summed E-state index contributed by atoms with van der Waals surface area (Å²) in [7, 11) is 0. The molecule has 0 amide bonds. The lowest BCUT2D eigenvalue weighted by Crippen LogP contribution is -2.60. The average Bonchev–Trinajstić information content (AvgIpc) is 2.77. The van der Waals surface area contributed by atoms with Gasteiger partial charge in [-0.25, -0.2) is 0 Å². The van der Waals surface area contributed by atoms with Crippen LogP contribution in [0.2, 0.25) is 0 Å². The molecule has 1 heterocycles. The highest BCUT2D eigenvalue weighted by Gasteiger charge is 2.47. The van der Waals surface area contributed by atoms with Gasteiger partial charge in [0.2, 0.25) is 0 Å². The van der Waals surface area contributed by atoms with E-state index in [1.807, 2.05) is 60.7 Å². The minimum absolute atomic E-state index is 0.246. The number of aliphatic hydroxyl groups is 2. The molecule has 0 aromatic heterocycles. The highest BCUT2D eigenvalue weighted by Crippen LogP contribution is 2.28. The molecule has 0 radical (unpaired) electrons. The summed E-state index contributed by atoms with van der Waals surface area (Å²) in [5.74, 6) is 0. The Kier molecular flexibility index (Phi) is 8.37. The lowest BCUT2D eigenvalue weighted by atomic mass is 9.98. The maximum atomic E-state index is 10.8. The molecule has 6 nitrogen and oxygen atoms in total. The molecule has 1 aliphatic rings. The molecule has 29 heavy (non-hydrogen) atoms. The van der Waals surface area contributed by atoms with E-state index in [0.29, 0.717) is 13.2 Å². The van der Waals surface area contributed by atoms with Crippen LogP contribution in [0.15, 0.2) is 73.3 Å². The molecule has 1 saturated heterocycles. The summed E-state index contributed by atoms with van der Waals surface area (Å²) in [5.41, 5.74) is 1.95. The summed E-state index contributed by atoms with van der Waals surface area (Å²) in [5, 5.41) is 20.4. The van der Waals surface area contributed by atoms with Crippen LogP contribution in [0.25, 0.3) is 0 Å². The van der Waals surface area contributed by atoms with E-state index >= 15 is 0 Å². The molecule has 5 atom stereocenters. The molecule has 0 unspecified atom stereocenters. The summed E-state index contributed by atoms with van der Waals surface area (Å²) in [6.07, 6.45) is -2.51. The quantitative estimate of drug-likeness (QED) is 0.597. The van der Waals surface area contributed by atoms with Crippen molar-refractivity contribution < 1.29 is 29.2 Å². The first kappa shape index (κ1) is 21.6. The number of benzene rings is 2. The van der Waals surface area contributed by atoms with E-state index in [4.69, 9.17) is 18.9 Å². The standard InChI is InChI=1S/C23H28O6/c1-2-13-26-23-22(28-16-18-11-7-4-8-12-18)21(20(25)19(14-24)29-23)27-15-17-9-5-3-6-10-17/h2-12,19-25H,1,13-16H2/t19-,20+,21+,22-,23+/m1/s1. The zero-order valence-electron chi connectivity index (χ0n) is 16.3. The normalized spacial score (nSPS) is 26.9. The van der Waals surface area contributed by atoms with E-state index in [2.05, 4.69) is 6.58 Å². The molecule has 1 fully saturated rings. The maximum Gasteiger partial charge on any atom is 0.187 e. The van der Waals surface area contributed by atoms with Crippen molar-refractivity contribution in [1.82, 2.24) is 0 Å². The fraction of sp³-hybridized carbons (Fsp3) is 0.391. The smallest absolute Gasteiger partial charge is 0.187 e. The van der Waals surface area contributed by atoms with E-state index in [-0.39, 0.29) is 13.2 Å². The Morgan fingerprint density at radius 1 is 0.862 bits per heavy atom. The van der Waals surface area contributed by atoms with Crippen molar-refractivity contribution in [2.45, 2.75) is 43.9 Å². The van der Waals surface area contributed by atoms with Crippen molar-refractivity contribution in [2.75, 3.05) is 13.2 Å². The predicted octanol–water partition coefficient (Wildman–Crippen LogP) is 2.44. The van der Waals surface area contributed by atoms with Gasteiger partial charge >= 0.3 is 0 Å². The van der Waals surface area contributed by atoms with E-state index in [0.717, 1.165) is 11.1 Å². The Morgan fingerprint density at radius 3 is 1.93 bits per heavy atom. The van der Waals surface area contributed by atoms with Gasteiger partial charge in [0.15, 0.2) is 6.29 Å². The monoisotopic (exact) mass is 400 g/mol. The van der Waals surface area contributed by atoms with Gasteiger partial charge in [-0.3, -0.25) is 0 Å². The third-order valence-electron chi connectivity index (χ3n) is 4.75. The molecule has 156 valence electrons. The van der Waals surface area contributed by atoms with Crippen molar-refractivity contribution in [3.05, 3.63) is 84.4 Å². The number of rotatable bonds is 10. The van der Waals surface area contributed by atoms with Crippen LogP contribution in [0.1, 0.15) is 11.1 Å². The minimum atomic E-state index is -1.06. The largest absolute Gasteiger partial charge is 0.394 e. The summed E-state index contributed by atoms with van der Waals surface area (Å²) in [6.45, 7) is 4.15. The average molecular weight is 400 g/mol. The van der Waals surface area contributed by atoms with Gasteiger partial charge in [0.1, 0.15) is 24.4 Å². The Labute approximate surface area is 171 Å². The van der Waals surface area contributed by atoms with Gasteiger partial charge in [0.05, 0.1) is 26.4 Å². The first-order valence-corrected chi connectivity index (χ1v) is 9.71. The molecule has 2 aromatic carbocycles. The van der Waals surface area contributed by atoms with Crippen LogP contribution < -0.4 is 0 Å². The van der Waals surface area contributed by atoms with Crippen molar-refractivity contribution >= 4 is 0 Å². The van der Waals surface area contributed by atoms with E-state index in [9.17, 15) is 10.2 Å². The molecule has 2 N–H and O–H groups in total. The summed E-state index contributed by atoms with van der Waals surface area (Å²) < 4.78 is 23.6. The molecule has 6 heteroatoms. The molecular formula is C23H28O6. The first-order chi connectivity index (χ1) is 14.2. The SMILES string of the molecule is C=CCO[C@H]1O[C@H](CO)[C@H](O)[C@H](OCc2ccccc2)[C@H]1OCc1ccccc1. The Morgan fingerprint density at radius 2 is 1.41 bits per heavy atom. The van der Waals surface area contributed by atoms with Crippen LogP contribution in [0.3, 0.4) is 0 Å². The second-order valence-corrected chi connectivity index (χ2v) is 6.86. The molecular weight excluding hydrogens is 372 g/mol. The zero-order chi connectivity index (χ0) is 20.5. The topological polar surface area (TPSA) is 77.4 Å². The third-order valence-corrected chi connectivity index (χ3v) is 4.75. The summed E-state index contributed by atoms with van der Waals surface area (Å²) >= 11 is 0. The second kappa shape index (κ2) is 11.2. The van der Waals surface area contributed by atoms with Gasteiger partial charge in [-0.1, -0.05) is 66.7 Å². The molecule has 0 saturated carbocycles. The summed E-state index contributed by atoms with van der Waals surface area (Å²) in [4.78, 5) is 0. The highest BCUT2D eigenvalue weighted by atomic mass is 16.7. The van der Waals surface area contributed by atoms with Crippen molar-refractivity contribution in [1.29, 1.82) is 0 Å². The van der Waals surface area contributed by atoms with Crippen molar-refractivity contribution in [2.24, 2.45) is 0 Å². The van der Waals surface area contributed by atoms with Gasteiger partial charge in [-0.05, 0) is 11.1 Å². The summed E-state index contributed by atoms with van der Waals surface area (Å²) in [6, 6.07) is 19.4. The minimum Gasteiger partial charge on any atom is -0.394 e. The third kappa shape index (κ3) is 5.96. The fourth-order valence-corrected chi connectivity index (χ4v) is 3.24. The Hall–Kier alpha value is -2.06. The maximum absolute atomic E-state index is 10.8. The number of aliphatic hydroxyl groups excluding tert-OH is 2. The molecule has 0 bridgehead atoms. The van der Waals surface area contributed by atoms with E-state index in [1.165, 1.54) is 0 Å². The van der Waals surface area contributed by atoms with Crippen LogP contribution in [0, 0.1) is 0 Å². The van der Waals surface area contributed by atoms with E-state index in [1.54, 1.807) is 6.08 Å². The van der Waals surface area contributed by atoms with Crippen molar-refractivity contribution in [3.8, 4) is 0 Å². The van der Waals surface area contributed by atoms with Crippen LogP contribution in [-0.4, -0.2) is 54.1 Å². The van der Waals surface area contributed by atoms with Crippen LogP contribution in [0.5, 0.6) is 0 Å². The molecule has 1 aliphatic heterocycles. The Bertz CT molecular complexity index is 723. The van der Waals surface area contributed by atoms with E-state index < -0.39 is 30.7 Å². The van der Waals surface area contributed by atoms with Crippen molar-refractivity contribution in [3.63, 3.8) is 0 Å². The second-order valence-electron chi connectivity index (χ2n) is 6.86. The molecule has 0 spiro atoms. The van der Waals surface area contributed by atoms with Crippen LogP contribution in [-0.2, 0) is 32.2 Å². The molecule has 0 aliphatic carbocycles. The van der Waals surface area contributed by atoms with Gasteiger partial charge < -0.3 is 29.2 Å².